The van der Waals surface area contributed by atoms with E-state index < -0.39 is 0 Å². The molecule has 0 aromatic carbocycles. The highest BCUT2D eigenvalue weighted by molar-refractivity contribution is 5.92. The summed E-state index contributed by atoms with van der Waals surface area (Å²) < 4.78 is 0. The summed E-state index contributed by atoms with van der Waals surface area (Å²) in [6, 6.07) is 3.18. The van der Waals surface area contributed by atoms with Crippen molar-refractivity contribution in [2.24, 2.45) is 5.84 Å². The van der Waals surface area contributed by atoms with Crippen molar-refractivity contribution in [1.29, 1.82) is 0 Å². The van der Waals surface area contributed by atoms with Crippen molar-refractivity contribution in [2.75, 3.05) is 31.6 Å². The van der Waals surface area contributed by atoms with Crippen molar-refractivity contribution >= 4 is 11.7 Å². The van der Waals surface area contributed by atoms with Gasteiger partial charge in [0.25, 0.3) is 5.91 Å². The molecule has 0 saturated carbocycles. The molecule has 4 N–H and O–H groups in total. The van der Waals surface area contributed by atoms with Gasteiger partial charge in [-0.15, -0.1) is 10.2 Å². The Hall–Kier alpha value is -1.73. The summed E-state index contributed by atoms with van der Waals surface area (Å²) in [5, 5.41) is 10.3. The number of nitrogen functional groups attached to an aromatic ring is 1. The molecule has 1 aromatic heterocycles. The normalized spacial score (nSPS) is 10.4. The van der Waals surface area contributed by atoms with Crippen molar-refractivity contribution in [1.82, 2.24) is 20.4 Å². The number of hydrazine groups is 1. The Kier molecular flexibility index (Phi) is 6.03. The van der Waals surface area contributed by atoms with Crippen LogP contribution in [0.1, 0.15) is 24.3 Å². The van der Waals surface area contributed by atoms with E-state index in [2.05, 4.69) is 39.7 Å². The van der Waals surface area contributed by atoms with Gasteiger partial charge in [0, 0.05) is 13.1 Å². The van der Waals surface area contributed by atoms with Gasteiger partial charge in [0.05, 0.1) is 0 Å². The Balaban J connectivity index is 2.40. The minimum atomic E-state index is -0.224. The first-order valence-corrected chi connectivity index (χ1v) is 6.02. The van der Waals surface area contributed by atoms with E-state index in [1.54, 1.807) is 12.1 Å². The molecule has 0 fully saturated rings. The number of anilines is 1. The first kappa shape index (κ1) is 14.3. The predicted octanol–water partition coefficient (Wildman–Crippen LogP) is -0.166. The molecule has 1 aromatic rings. The number of nitrogens with one attached hydrogen (secondary N) is 2. The molecule has 0 radical (unpaired) electrons. The minimum absolute atomic E-state index is 0.224. The molecule has 1 rings (SSSR count). The number of carbonyl (C=O) groups is 1. The first-order chi connectivity index (χ1) is 8.71. The number of amides is 1. The molecule has 0 aliphatic heterocycles. The number of hydrogen-bond acceptors (Lipinski definition) is 6. The summed E-state index contributed by atoms with van der Waals surface area (Å²) in [5.74, 6) is 5.36. The summed E-state index contributed by atoms with van der Waals surface area (Å²) in [5.41, 5.74) is 2.64. The van der Waals surface area contributed by atoms with E-state index in [-0.39, 0.29) is 11.6 Å². The molecule has 0 aliphatic carbocycles. The largest absolute Gasteiger partial charge is 0.349 e. The monoisotopic (exact) mass is 252 g/mol. The summed E-state index contributed by atoms with van der Waals surface area (Å²) in [6.07, 6.45) is 0. The van der Waals surface area contributed by atoms with Crippen molar-refractivity contribution in [2.45, 2.75) is 13.8 Å². The molecule has 1 heterocycles. The number of nitrogens with two attached hydrogens (primary N) is 1. The van der Waals surface area contributed by atoms with Crippen LogP contribution in [0, 0.1) is 0 Å². The Morgan fingerprint density at radius 3 is 2.56 bits per heavy atom. The van der Waals surface area contributed by atoms with E-state index in [0.717, 1.165) is 19.6 Å². The molecule has 7 heteroatoms. The molecular formula is C11H20N6O. The number of nitrogens with zero attached hydrogens (tertiary/aromatic N) is 3. The number of rotatable bonds is 7. The Bertz CT molecular complexity index is 362. The molecule has 0 spiro atoms. The second-order valence-corrected chi connectivity index (χ2v) is 3.73. The molecule has 100 valence electrons. The zero-order chi connectivity index (χ0) is 13.4. The van der Waals surface area contributed by atoms with Gasteiger partial charge in [0.2, 0.25) is 0 Å². The number of carbonyl (C=O) groups excluding carboxylic acids is 1. The van der Waals surface area contributed by atoms with Crippen LogP contribution >= 0.6 is 0 Å². The highest BCUT2D eigenvalue weighted by Gasteiger charge is 2.07. The van der Waals surface area contributed by atoms with Gasteiger partial charge in [-0.1, -0.05) is 13.8 Å². The topological polar surface area (TPSA) is 96.2 Å². The third-order valence-corrected chi connectivity index (χ3v) is 2.65. The van der Waals surface area contributed by atoms with Crippen molar-refractivity contribution in [3.63, 3.8) is 0 Å². The molecule has 7 nitrogen and oxygen atoms in total. The maximum atomic E-state index is 11.7. The fourth-order valence-electron chi connectivity index (χ4n) is 1.49. The number of likely N-dealkylation sites (N-methyl/N-ethyl adjacent to an activating group) is 1. The zero-order valence-corrected chi connectivity index (χ0v) is 10.8. The molecule has 0 unspecified atom stereocenters. The molecule has 0 saturated heterocycles. The van der Waals surface area contributed by atoms with E-state index >= 15 is 0 Å². The standard InChI is InChI=1S/C11H20N6O/c1-3-17(4-2)8-7-13-11(18)9-5-6-10(14-12)16-15-9/h5-6H,3-4,7-8,12H2,1-2H3,(H,13,18)(H,14,16). The van der Waals surface area contributed by atoms with Crippen molar-refractivity contribution in [3.05, 3.63) is 17.8 Å². The van der Waals surface area contributed by atoms with Crippen LogP contribution in [0.3, 0.4) is 0 Å². The lowest BCUT2D eigenvalue weighted by atomic mass is 10.3. The van der Waals surface area contributed by atoms with E-state index in [0.29, 0.717) is 12.4 Å². The molecule has 0 aliphatic rings. The van der Waals surface area contributed by atoms with Crippen molar-refractivity contribution < 1.29 is 4.79 Å². The van der Waals surface area contributed by atoms with Crippen LogP contribution in [0.25, 0.3) is 0 Å². The first-order valence-electron chi connectivity index (χ1n) is 6.02. The molecule has 1 amide bonds. The Morgan fingerprint density at radius 1 is 1.33 bits per heavy atom. The lowest BCUT2D eigenvalue weighted by molar-refractivity contribution is 0.0943. The smallest absolute Gasteiger partial charge is 0.271 e. The molecular weight excluding hydrogens is 232 g/mol. The summed E-state index contributed by atoms with van der Waals surface area (Å²) in [4.78, 5) is 13.9. The second-order valence-electron chi connectivity index (χ2n) is 3.73. The van der Waals surface area contributed by atoms with E-state index in [1.165, 1.54) is 0 Å². The SMILES string of the molecule is CCN(CC)CCNC(=O)c1ccc(NN)nn1. The Morgan fingerprint density at radius 2 is 2.06 bits per heavy atom. The average molecular weight is 252 g/mol. The van der Waals surface area contributed by atoms with Gasteiger partial charge in [-0.3, -0.25) is 4.79 Å². The highest BCUT2D eigenvalue weighted by Crippen LogP contribution is 1.99. The quantitative estimate of drug-likeness (QED) is 0.461. The lowest BCUT2D eigenvalue weighted by Gasteiger charge is -2.17. The van der Waals surface area contributed by atoms with Gasteiger partial charge in [-0.05, 0) is 25.2 Å². The maximum Gasteiger partial charge on any atom is 0.271 e. The molecule has 0 atom stereocenters. The van der Waals surface area contributed by atoms with Crippen LogP contribution in [0.4, 0.5) is 5.82 Å². The summed E-state index contributed by atoms with van der Waals surface area (Å²) >= 11 is 0. The van der Waals surface area contributed by atoms with Gasteiger partial charge in [0.15, 0.2) is 11.5 Å². The second kappa shape index (κ2) is 7.57. The van der Waals surface area contributed by atoms with E-state index in [9.17, 15) is 4.79 Å². The lowest BCUT2D eigenvalue weighted by Crippen LogP contribution is -2.35. The highest BCUT2D eigenvalue weighted by atomic mass is 16.1. The predicted molar refractivity (Wildman–Crippen MR) is 70.0 cm³/mol. The third kappa shape index (κ3) is 4.27. The summed E-state index contributed by atoms with van der Waals surface area (Å²) in [6.45, 7) is 7.56. The maximum absolute atomic E-state index is 11.7. The van der Waals surface area contributed by atoms with Crippen LogP contribution in [-0.4, -0.2) is 47.2 Å². The van der Waals surface area contributed by atoms with Gasteiger partial charge in [0.1, 0.15) is 0 Å². The minimum Gasteiger partial charge on any atom is -0.349 e. The average Bonchev–Trinajstić information content (AvgIpc) is 2.43. The molecule has 0 bridgehead atoms. The zero-order valence-electron chi connectivity index (χ0n) is 10.8. The third-order valence-electron chi connectivity index (χ3n) is 2.65. The van der Waals surface area contributed by atoms with Gasteiger partial charge in [-0.25, -0.2) is 5.84 Å². The Labute approximate surface area is 107 Å². The fourth-order valence-corrected chi connectivity index (χ4v) is 1.49. The number of hydrogen-bond donors (Lipinski definition) is 3. The molecule has 18 heavy (non-hydrogen) atoms. The van der Waals surface area contributed by atoms with Crippen LogP contribution in [0.5, 0.6) is 0 Å². The van der Waals surface area contributed by atoms with Crippen molar-refractivity contribution in [3.8, 4) is 0 Å². The van der Waals surface area contributed by atoms with Crippen LogP contribution in [0.2, 0.25) is 0 Å². The van der Waals surface area contributed by atoms with Gasteiger partial charge >= 0.3 is 0 Å². The van der Waals surface area contributed by atoms with E-state index in [4.69, 9.17) is 5.84 Å². The van der Waals surface area contributed by atoms with Gasteiger partial charge < -0.3 is 15.6 Å². The number of aromatic nitrogens is 2. The van der Waals surface area contributed by atoms with Crippen LogP contribution in [-0.2, 0) is 0 Å². The summed E-state index contributed by atoms with van der Waals surface area (Å²) in [7, 11) is 0. The van der Waals surface area contributed by atoms with Gasteiger partial charge in [-0.2, -0.15) is 0 Å². The van der Waals surface area contributed by atoms with E-state index in [1.807, 2.05) is 0 Å². The van der Waals surface area contributed by atoms with Crippen LogP contribution in [0.15, 0.2) is 12.1 Å². The van der Waals surface area contributed by atoms with Crippen LogP contribution < -0.4 is 16.6 Å². The fraction of sp³-hybridized carbons (Fsp3) is 0.545.